The zero-order valence-electron chi connectivity index (χ0n) is 13.7. The minimum absolute atomic E-state index is 0.133. The van der Waals surface area contributed by atoms with Crippen LogP contribution in [0.2, 0.25) is 5.02 Å². The van der Waals surface area contributed by atoms with Gasteiger partial charge in [0.2, 0.25) is 5.91 Å². The van der Waals surface area contributed by atoms with E-state index in [1.807, 2.05) is 30.3 Å². The third-order valence-electron chi connectivity index (χ3n) is 4.34. The molecule has 2 aromatic rings. The van der Waals surface area contributed by atoms with E-state index in [1.54, 1.807) is 23.1 Å². The molecule has 1 unspecified atom stereocenters. The summed E-state index contributed by atoms with van der Waals surface area (Å²) < 4.78 is 0. The van der Waals surface area contributed by atoms with Gasteiger partial charge in [-0.15, -0.1) is 0 Å². The summed E-state index contributed by atoms with van der Waals surface area (Å²) in [5, 5.41) is 3.37. The lowest BCUT2D eigenvalue weighted by atomic mass is 10.0. The van der Waals surface area contributed by atoms with Gasteiger partial charge in [0.1, 0.15) is 6.04 Å². The average Bonchev–Trinajstić information content (AvgIpc) is 2.64. The first-order valence-electron chi connectivity index (χ1n) is 8.26. The van der Waals surface area contributed by atoms with Crippen molar-refractivity contribution in [2.45, 2.75) is 25.4 Å². The van der Waals surface area contributed by atoms with E-state index in [-0.39, 0.29) is 11.8 Å². The SMILES string of the molecule is NCc1ccc(C(=O)NC2CCCN(c3ccccc3Cl)C2=O)cc1. The summed E-state index contributed by atoms with van der Waals surface area (Å²) in [4.78, 5) is 26.9. The fourth-order valence-corrected chi connectivity index (χ4v) is 3.19. The van der Waals surface area contributed by atoms with Gasteiger partial charge in [-0.3, -0.25) is 9.59 Å². The topological polar surface area (TPSA) is 75.4 Å². The lowest BCUT2D eigenvalue weighted by molar-refractivity contribution is -0.121. The first-order valence-corrected chi connectivity index (χ1v) is 8.63. The van der Waals surface area contributed by atoms with Gasteiger partial charge in [-0.2, -0.15) is 0 Å². The molecule has 0 saturated carbocycles. The van der Waals surface area contributed by atoms with Crippen molar-refractivity contribution in [3.8, 4) is 0 Å². The lowest BCUT2D eigenvalue weighted by Gasteiger charge is -2.33. The molecule has 5 nitrogen and oxygen atoms in total. The molecule has 0 aromatic heterocycles. The number of hydrogen-bond donors (Lipinski definition) is 2. The van der Waals surface area contributed by atoms with Crippen molar-refractivity contribution in [2.24, 2.45) is 5.73 Å². The Hall–Kier alpha value is -2.37. The smallest absolute Gasteiger partial charge is 0.251 e. The zero-order chi connectivity index (χ0) is 17.8. The highest BCUT2D eigenvalue weighted by atomic mass is 35.5. The third kappa shape index (κ3) is 3.83. The van der Waals surface area contributed by atoms with Crippen LogP contribution in [0.3, 0.4) is 0 Å². The molecule has 1 aliphatic rings. The maximum absolute atomic E-state index is 12.8. The number of benzene rings is 2. The van der Waals surface area contributed by atoms with Crippen molar-refractivity contribution in [1.29, 1.82) is 0 Å². The van der Waals surface area contributed by atoms with Crippen LogP contribution in [-0.4, -0.2) is 24.4 Å². The van der Waals surface area contributed by atoms with Crippen LogP contribution < -0.4 is 16.0 Å². The molecule has 0 bridgehead atoms. The number of para-hydroxylation sites is 1. The number of carbonyl (C=O) groups excluding carboxylic acids is 2. The number of rotatable bonds is 4. The van der Waals surface area contributed by atoms with Crippen molar-refractivity contribution in [2.75, 3.05) is 11.4 Å². The minimum atomic E-state index is -0.549. The molecule has 3 N–H and O–H groups in total. The average molecular weight is 358 g/mol. The van der Waals surface area contributed by atoms with Gasteiger partial charge >= 0.3 is 0 Å². The first kappa shape index (κ1) is 17.5. The Morgan fingerprint density at radius 1 is 1.20 bits per heavy atom. The van der Waals surface area contributed by atoms with Crippen molar-refractivity contribution < 1.29 is 9.59 Å². The Balaban J connectivity index is 1.72. The van der Waals surface area contributed by atoms with Crippen molar-refractivity contribution in [1.82, 2.24) is 5.32 Å². The Kier molecular flexibility index (Phi) is 5.36. The van der Waals surface area contributed by atoms with Gasteiger partial charge in [0, 0.05) is 18.7 Å². The van der Waals surface area contributed by atoms with E-state index in [1.165, 1.54) is 0 Å². The lowest BCUT2D eigenvalue weighted by Crippen LogP contribution is -2.52. The summed E-state index contributed by atoms with van der Waals surface area (Å²) >= 11 is 6.21. The van der Waals surface area contributed by atoms with Gasteiger partial charge in [0.25, 0.3) is 5.91 Å². The quantitative estimate of drug-likeness (QED) is 0.883. The molecule has 1 aliphatic heterocycles. The summed E-state index contributed by atoms with van der Waals surface area (Å²) in [5.41, 5.74) is 7.71. The van der Waals surface area contributed by atoms with Crippen molar-refractivity contribution in [3.63, 3.8) is 0 Å². The van der Waals surface area contributed by atoms with Crippen LogP contribution in [-0.2, 0) is 11.3 Å². The van der Waals surface area contributed by atoms with Gasteiger partial charge in [-0.25, -0.2) is 0 Å². The van der Waals surface area contributed by atoms with Crippen LogP contribution in [0, 0.1) is 0 Å². The van der Waals surface area contributed by atoms with Crippen molar-refractivity contribution in [3.05, 3.63) is 64.7 Å². The van der Waals surface area contributed by atoms with Gasteiger partial charge in [-0.05, 0) is 42.7 Å². The number of halogens is 1. The summed E-state index contributed by atoms with van der Waals surface area (Å²) in [5.74, 6) is -0.394. The molecule has 25 heavy (non-hydrogen) atoms. The van der Waals surface area contributed by atoms with E-state index < -0.39 is 6.04 Å². The number of amides is 2. The molecule has 6 heteroatoms. The predicted octanol–water partition coefficient (Wildman–Crippen LogP) is 2.72. The number of anilines is 1. The summed E-state index contributed by atoms with van der Waals surface area (Å²) in [6.07, 6.45) is 1.42. The molecule has 2 amide bonds. The Bertz CT molecular complexity index is 776. The molecular weight excluding hydrogens is 338 g/mol. The fourth-order valence-electron chi connectivity index (χ4n) is 2.95. The highest BCUT2D eigenvalue weighted by Crippen LogP contribution is 2.28. The first-order chi connectivity index (χ1) is 12.1. The van der Waals surface area contributed by atoms with Gasteiger partial charge in [0.15, 0.2) is 0 Å². The molecule has 130 valence electrons. The van der Waals surface area contributed by atoms with Crippen molar-refractivity contribution >= 4 is 29.1 Å². The molecule has 2 aromatic carbocycles. The number of piperidine rings is 1. The normalized spacial score (nSPS) is 17.4. The molecule has 0 aliphatic carbocycles. The Morgan fingerprint density at radius 3 is 2.60 bits per heavy atom. The number of hydrogen-bond acceptors (Lipinski definition) is 3. The van der Waals surface area contributed by atoms with E-state index in [4.69, 9.17) is 17.3 Å². The second-order valence-electron chi connectivity index (χ2n) is 6.01. The van der Waals surface area contributed by atoms with Crippen LogP contribution in [0.15, 0.2) is 48.5 Å². The number of nitrogens with two attached hydrogens (primary N) is 1. The molecule has 0 spiro atoms. The Labute approximate surface area is 151 Å². The van der Waals surface area contributed by atoms with Crippen LogP contribution >= 0.6 is 11.6 Å². The third-order valence-corrected chi connectivity index (χ3v) is 4.66. The van der Waals surface area contributed by atoms with Crippen LogP contribution in [0.1, 0.15) is 28.8 Å². The second-order valence-corrected chi connectivity index (χ2v) is 6.42. The molecule has 1 heterocycles. The van der Waals surface area contributed by atoms with Gasteiger partial charge in [-0.1, -0.05) is 35.9 Å². The molecule has 0 radical (unpaired) electrons. The molecular formula is C19H20ClN3O2. The Morgan fingerprint density at radius 2 is 1.92 bits per heavy atom. The largest absolute Gasteiger partial charge is 0.340 e. The van der Waals surface area contributed by atoms with Crippen LogP contribution in [0.4, 0.5) is 5.69 Å². The van der Waals surface area contributed by atoms with E-state index in [0.29, 0.717) is 35.8 Å². The highest BCUT2D eigenvalue weighted by Gasteiger charge is 2.31. The predicted molar refractivity (Wildman–Crippen MR) is 98.6 cm³/mol. The summed E-state index contributed by atoms with van der Waals surface area (Å²) in [6, 6.07) is 13.8. The standard InChI is InChI=1S/C19H20ClN3O2/c20-15-4-1-2-6-17(15)23-11-3-5-16(19(23)25)22-18(24)14-9-7-13(12-21)8-10-14/h1-2,4,6-10,16H,3,5,11-12,21H2,(H,22,24). The zero-order valence-corrected chi connectivity index (χ0v) is 14.5. The molecule has 1 saturated heterocycles. The highest BCUT2D eigenvalue weighted by molar-refractivity contribution is 6.33. The van der Waals surface area contributed by atoms with Gasteiger partial charge in [0.05, 0.1) is 10.7 Å². The number of nitrogens with zero attached hydrogens (tertiary/aromatic N) is 1. The maximum Gasteiger partial charge on any atom is 0.251 e. The van der Waals surface area contributed by atoms with E-state index in [2.05, 4.69) is 5.32 Å². The molecule has 1 fully saturated rings. The van der Waals surface area contributed by atoms with E-state index in [9.17, 15) is 9.59 Å². The van der Waals surface area contributed by atoms with Crippen LogP contribution in [0.5, 0.6) is 0 Å². The van der Waals surface area contributed by atoms with Crippen LogP contribution in [0.25, 0.3) is 0 Å². The molecule has 3 rings (SSSR count). The monoisotopic (exact) mass is 357 g/mol. The van der Waals surface area contributed by atoms with E-state index >= 15 is 0 Å². The number of carbonyl (C=O) groups is 2. The fraction of sp³-hybridized carbons (Fsp3) is 0.263. The summed E-state index contributed by atoms with van der Waals surface area (Å²) in [7, 11) is 0. The van der Waals surface area contributed by atoms with Gasteiger partial charge < -0.3 is 16.0 Å². The summed E-state index contributed by atoms with van der Waals surface area (Å²) in [6.45, 7) is 1.02. The number of nitrogens with one attached hydrogen (secondary N) is 1. The van der Waals surface area contributed by atoms with E-state index in [0.717, 1.165) is 12.0 Å². The second kappa shape index (κ2) is 7.68. The minimum Gasteiger partial charge on any atom is -0.340 e. The maximum atomic E-state index is 12.8. The molecule has 1 atom stereocenters.